The number of carbonyl (C=O) groups excluding carboxylic acids is 1. The normalized spacial score (nSPS) is 21.7. The lowest BCUT2D eigenvalue weighted by Crippen LogP contribution is -2.46. The lowest BCUT2D eigenvalue weighted by atomic mass is 9.69. The largest absolute Gasteiger partial charge is 0.349 e. The van der Waals surface area contributed by atoms with E-state index in [-0.39, 0.29) is 23.2 Å². The molecule has 1 aliphatic rings. The van der Waals surface area contributed by atoms with Gasteiger partial charge in [-0.2, -0.15) is 0 Å². The van der Waals surface area contributed by atoms with Crippen molar-refractivity contribution < 1.29 is 13.6 Å². The van der Waals surface area contributed by atoms with Crippen LogP contribution in [0.3, 0.4) is 0 Å². The average molecular weight is 349 g/mol. The molecule has 2 atom stereocenters. The summed E-state index contributed by atoms with van der Waals surface area (Å²) in [7, 11) is 0. The molecular weight excluding hydrogens is 324 g/mol. The van der Waals surface area contributed by atoms with Crippen LogP contribution in [-0.4, -0.2) is 21.9 Å². The summed E-state index contributed by atoms with van der Waals surface area (Å²) < 4.78 is 25.5. The van der Waals surface area contributed by atoms with Crippen LogP contribution in [-0.2, 0) is 0 Å². The number of nitrogens with one attached hydrogen (secondary N) is 2. The van der Waals surface area contributed by atoms with Crippen LogP contribution in [0.15, 0.2) is 18.2 Å². The number of H-pyrrole nitrogens is 1. The van der Waals surface area contributed by atoms with Crippen molar-refractivity contribution in [3.63, 3.8) is 0 Å². The second-order valence-corrected chi connectivity index (χ2v) is 7.99. The molecule has 1 fully saturated rings. The van der Waals surface area contributed by atoms with Crippen LogP contribution in [0.1, 0.15) is 69.1 Å². The van der Waals surface area contributed by atoms with Crippen molar-refractivity contribution >= 4 is 16.9 Å². The number of imidazole rings is 1. The summed E-state index contributed by atoms with van der Waals surface area (Å²) in [6, 6.07) is 4.99. The average Bonchev–Trinajstić information content (AvgIpc) is 2.97. The summed E-state index contributed by atoms with van der Waals surface area (Å²) in [6.45, 7) is 6.64. The maximum Gasteiger partial charge on any atom is 0.295 e. The van der Waals surface area contributed by atoms with Gasteiger partial charge in [0.15, 0.2) is 5.82 Å². The number of carbonyl (C=O) groups is 1. The summed E-state index contributed by atoms with van der Waals surface area (Å²) in [5, 5.41) is 3.16. The Morgan fingerprint density at radius 1 is 1.28 bits per heavy atom. The van der Waals surface area contributed by atoms with Crippen molar-refractivity contribution in [2.45, 2.75) is 58.9 Å². The standard InChI is InChI=1S/C19H25F2N3O/c1-19(2,3)12-6-4-5-7-13(12)24-18(25)11-8-9-14-15(10-11)23-17(22-14)16(20)21/h8-10,12-13,16H,4-7H2,1-3H3,(H,22,23)(H,24,25). The van der Waals surface area contributed by atoms with Crippen molar-refractivity contribution in [2.24, 2.45) is 11.3 Å². The number of fused-ring (bicyclic) bond motifs is 1. The topological polar surface area (TPSA) is 57.8 Å². The Morgan fingerprint density at radius 2 is 2.00 bits per heavy atom. The fraction of sp³-hybridized carbons (Fsp3) is 0.579. The van der Waals surface area contributed by atoms with E-state index in [2.05, 4.69) is 36.1 Å². The van der Waals surface area contributed by atoms with Gasteiger partial charge < -0.3 is 10.3 Å². The molecule has 1 aromatic heterocycles. The number of hydrogen-bond acceptors (Lipinski definition) is 2. The van der Waals surface area contributed by atoms with Crippen LogP contribution in [0.4, 0.5) is 8.78 Å². The lowest BCUT2D eigenvalue weighted by molar-refractivity contribution is 0.0830. The Hall–Kier alpha value is -1.98. The second-order valence-electron chi connectivity index (χ2n) is 7.99. The predicted molar refractivity (Wildman–Crippen MR) is 93.7 cm³/mol. The summed E-state index contributed by atoms with van der Waals surface area (Å²) in [4.78, 5) is 19.1. The Kier molecular flexibility index (Phi) is 4.80. The van der Waals surface area contributed by atoms with Gasteiger partial charge in [-0.25, -0.2) is 13.8 Å². The number of amides is 1. The minimum Gasteiger partial charge on any atom is -0.349 e. The third-order valence-electron chi connectivity index (χ3n) is 5.16. The maximum atomic E-state index is 12.8. The monoisotopic (exact) mass is 349 g/mol. The fourth-order valence-corrected chi connectivity index (χ4v) is 3.87. The number of benzene rings is 1. The molecule has 2 unspecified atom stereocenters. The van der Waals surface area contributed by atoms with Crippen LogP contribution in [0, 0.1) is 11.3 Å². The molecule has 25 heavy (non-hydrogen) atoms. The third kappa shape index (κ3) is 3.83. The zero-order valence-corrected chi connectivity index (χ0v) is 14.9. The lowest BCUT2D eigenvalue weighted by Gasteiger charge is -2.40. The Labute approximate surface area is 146 Å². The van der Waals surface area contributed by atoms with Gasteiger partial charge in [-0.15, -0.1) is 0 Å². The first-order chi connectivity index (χ1) is 11.8. The SMILES string of the molecule is CC(C)(C)C1CCCCC1NC(=O)c1ccc2nc(C(F)F)[nH]c2c1. The van der Waals surface area contributed by atoms with Crippen molar-refractivity contribution in [2.75, 3.05) is 0 Å². The van der Waals surface area contributed by atoms with Gasteiger partial charge in [0, 0.05) is 11.6 Å². The van der Waals surface area contributed by atoms with Crippen molar-refractivity contribution in [3.8, 4) is 0 Å². The molecule has 1 aromatic carbocycles. The highest BCUT2D eigenvalue weighted by atomic mass is 19.3. The molecule has 2 aromatic rings. The number of aromatic nitrogens is 2. The Bertz CT molecular complexity index is 764. The first-order valence-electron chi connectivity index (χ1n) is 8.84. The maximum absolute atomic E-state index is 12.8. The fourth-order valence-electron chi connectivity index (χ4n) is 3.87. The third-order valence-corrected chi connectivity index (χ3v) is 5.16. The molecule has 1 amide bonds. The van der Waals surface area contributed by atoms with Crippen LogP contribution >= 0.6 is 0 Å². The van der Waals surface area contributed by atoms with Gasteiger partial charge >= 0.3 is 0 Å². The van der Waals surface area contributed by atoms with E-state index < -0.39 is 6.43 Å². The molecule has 6 heteroatoms. The number of alkyl halides is 2. The quantitative estimate of drug-likeness (QED) is 0.833. The van der Waals surface area contributed by atoms with Crippen molar-refractivity contribution in [1.82, 2.24) is 15.3 Å². The molecule has 0 radical (unpaired) electrons. The van der Waals surface area contributed by atoms with E-state index in [4.69, 9.17) is 0 Å². The van der Waals surface area contributed by atoms with Gasteiger partial charge in [0.05, 0.1) is 11.0 Å². The van der Waals surface area contributed by atoms with Gasteiger partial charge in [-0.05, 0) is 42.4 Å². The summed E-state index contributed by atoms with van der Waals surface area (Å²) >= 11 is 0. The molecular formula is C19H25F2N3O. The highest BCUT2D eigenvalue weighted by Gasteiger charge is 2.35. The van der Waals surface area contributed by atoms with E-state index in [0.29, 0.717) is 22.5 Å². The first kappa shape index (κ1) is 17.8. The molecule has 0 saturated heterocycles. The molecule has 1 heterocycles. The molecule has 0 bridgehead atoms. The van der Waals surface area contributed by atoms with E-state index >= 15 is 0 Å². The number of nitrogens with zero attached hydrogens (tertiary/aromatic N) is 1. The van der Waals surface area contributed by atoms with Crippen LogP contribution in [0.2, 0.25) is 0 Å². The molecule has 4 nitrogen and oxygen atoms in total. The molecule has 1 saturated carbocycles. The van der Waals surface area contributed by atoms with E-state index in [9.17, 15) is 13.6 Å². The van der Waals surface area contributed by atoms with Crippen LogP contribution in [0.25, 0.3) is 11.0 Å². The Balaban J connectivity index is 1.79. The first-order valence-corrected chi connectivity index (χ1v) is 8.84. The van der Waals surface area contributed by atoms with E-state index in [0.717, 1.165) is 19.3 Å². The molecule has 0 spiro atoms. The number of aromatic amines is 1. The minimum atomic E-state index is -2.65. The van der Waals surface area contributed by atoms with E-state index in [1.54, 1.807) is 18.2 Å². The van der Waals surface area contributed by atoms with Gasteiger partial charge in [-0.1, -0.05) is 33.6 Å². The van der Waals surface area contributed by atoms with Crippen LogP contribution < -0.4 is 5.32 Å². The zero-order chi connectivity index (χ0) is 18.2. The number of rotatable bonds is 3. The van der Waals surface area contributed by atoms with Crippen molar-refractivity contribution in [3.05, 3.63) is 29.6 Å². The Morgan fingerprint density at radius 3 is 2.68 bits per heavy atom. The molecule has 0 aliphatic heterocycles. The molecule has 2 N–H and O–H groups in total. The summed E-state index contributed by atoms with van der Waals surface area (Å²) in [6.07, 6.45) is 1.76. The molecule has 3 rings (SSSR count). The van der Waals surface area contributed by atoms with Gasteiger partial charge in [-0.3, -0.25) is 4.79 Å². The zero-order valence-electron chi connectivity index (χ0n) is 14.9. The van der Waals surface area contributed by atoms with Gasteiger partial charge in [0.1, 0.15) is 0 Å². The minimum absolute atomic E-state index is 0.137. The van der Waals surface area contributed by atoms with Crippen LogP contribution in [0.5, 0.6) is 0 Å². The highest BCUT2D eigenvalue weighted by molar-refractivity contribution is 5.97. The second kappa shape index (κ2) is 6.73. The summed E-state index contributed by atoms with van der Waals surface area (Å²) in [5.74, 6) is -0.0876. The molecule has 136 valence electrons. The predicted octanol–water partition coefficient (Wildman–Crippen LogP) is 4.84. The van der Waals surface area contributed by atoms with Gasteiger partial charge in [0.25, 0.3) is 12.3 Å². The molecule has 1 aliphatic carbocycles. The number of hydrogen-bond donors (Lipinski definition) is 2. The highest BCUT2D eigenvalue weighted by Crippen LogP contribution is 2.38. The smallest absolute Gasteiger partial charge is 0.295 e. The number of halogens is 2. The van der Waals surface area contributed by atoms with E-state index in [1.807, 2.05) is 0 Å². The van der Waals surface area contributed by atoms with E-state index in [1.165, 1.54) is 6.42 Å². The summed E-state index contributed by atoms with van der Waals surface area (Å²) in [5.41, 5.74) is 1.50. The van der Waals surface area contributed by atoms with Crippen molar-refractivity contribution in [1.29, 1.82) is 0 Å². The van der Waals surface area contributed by atoms with Gasteiger partial charge in [0.2, 0.25) is 0 Å².